The molecule has 0 atom stereocenters. The third-order valence-electron chi connectivity index (χ3n) is 2.26. The van der Waals surface area contributed by atoms with E-state index in [1.165, 1.54) is 25.7 Å². The van der Waals surface area contributed by atoms with Crippen LogP contribution in [0.1, 0.15) is 32.6 Å². The summed E-state index contributed by atoms with van der Waals surface area (Å²) >= 11 is 0. The molecule has 1 aromatic rings. The van der Waals surface area contributed by atoms with Gasteiger partial charge in [-0.1, -0.05) is 38.3 Å². The fourth-order valence-corrected chi connectivity index (χ4v) is 1.41. The number of rotatable bonds is 8. The minimum atomic E-state index is 0.424. The summed E-state index contributed by atoms with van der Waals surface area (Å²) < 4.78 is 10.2. The summed E-state index contributed by atoms with van der Waals surface area (Å²) in [5.41, 5.74) is 0. The summed E-state index contributed by atoms with van der Waals surface area (Å²) in [5, 5.41) is 0. The summed E-state index contributed by atoms with van der Waals surface area (Å²) in [4.78, 5) is 10.1. The third-order valence-corrected chi connectivity index (χ3v) is 2.26. The van der Waals surface area contributed by atoms with Gasteiger partial charge in [0.25, 0.3) is 0 Å². The van der Waals surface area contributed by atoms with E-state index in [0.717, 1.165) is 6.42 Å². The summed E-state index contributed by atoms with van der Waals surface area (Å²) in [6.45, 7) is 4.23. The Balaban J connectivity index is 2.37. The molecular formula is C13H17O3. The lowest BCUT2D eigenvalue weighted by molar-refractivity contribution is 0.293. The molecule has 1 aromatic carbocycles. The maximum absolute atomic E-state index is 10.1. The molecule has 0 aromatic heterocycles. The van der Waals surface area contributed by atoms with E-state index in [9.17, 15) is 4.79 Å². The lowest BCUT2D eigenvalue weighted by Crippen LogP contribution is -1.99. The maximum Gasteiger partial charge on any atom is 0.423 e. The Labute approximate surface area is 96.4 Å². The number of hydrogen-bond acceptors (Lipinski definition) is 3. The molecule has 0 N–H and O–H groups in total. The largest absolute Gasteiger partial charge is 0.490 e. The molecule has 0 aliphatic heterocycles. The van der Waals surface area contributed by atoms with Crippen molar-refractivity contribution < 1.29 is 14.3 Å². The van der Waals surface area contributed by atoms with Gasteiger partial charge in [-0.25, -0.2) is 4.79 Å². The van der Waals surface area contributed by atoms with Crippen LogP contribution in [0, 0.1) is 0 Å². The van der Waals surface area contributed by atoms with E-state index in [2.05, 4.69) is 11.7 Å². The Bertz CT molecular complexity index is 310. The molecule has 3 heteroatoms. The zero-order chi connectivity index (χ0) is 11.6. The van der Waals surface area contributed by atoms with E-state index in [1.807, 2.05) is 6.07 Å². The highest BCUT2D eigenvalue weighted by Gasteiger charge is 2.03. The molecule has 0 saturated carbocycles. The van der Waals surface area contributed by atoms with Crippen molar-refractivity contribution >= 4 is 6.47 Å². The van der Waals surface area contributed by atoms with Crippen molar-refractivity contribution in [3.63, 3.8) is 0 Å². The minimum absolute atomic E-state index is 0.424. The Morgan fingerprint density at radius 3 is 2.56 bits per heavy atom. The highest BCUT2D eigenvalue weighted by Crippen LogP contribution is 2.25. The first-order chi connectivity index (χ1) is 7.88. The van der Waals surface area contributed by atoms with Crippen molar-refractivity contribution in [1.29, 1.82) is 0 Å². The average Bonchev–Trinajstić information content (AvgIpc) is 2.31. The molecule has 0 aliphatic rings. The number of para-hydroxylation sites is 2. The van der Waals surface area contributed by atoms with Crippen molar-refractivity contribution in [2.45, 2.75) is 32.6 Å². The van der Waals surface area contributed by atoms with Crippen LogP contribution in [0.5, 0.6) is 11.5 Å². The first-order valence-electron chi connectivity index (χ1n) is 5.64. The summed E-state index contributed by atoms with van der Waals surface area (Å²) in [6, 6.07) is 7.11. The van der Waals surface area contributed by atoms with Crippen LogP contribution < -0.4 is 9.47 Å². The van der Waals surface area contributed by atoms with Gasteiger partial charge in [0, 0.05) is 0 Å². The topological polar surface area (TPSA) is 35.5 Å². The molecule has 1 rings (SSSR count). The molecule has 1 radical (unpaired) electrons. The maximum atomic E-state index is 10.1. The van der Waals surface area contributed by atoms with E-state index in [4.69, 9.17) is 4.74 Å². The smallest absolute Gasteiger partial charge is 0.423 e. The van der Waals surface area contributed by atoms with Gasteiger partial charge in [-0.2, -0.15) is 0 Å². The Morgan fingerprint density at radius 1 is 1.12 bits per heavy atom. The van der Waals surface area contributed by atoms with Crippen LogP contribution in [0.2, 0.25) is 0 Å². The van der Waals surface area contributed by atoms with Crippen molar-refractivity contribution in [2.24, 2.45) is 0 Å². The van der Waals surface area contributed by atoms with Crippen LogP contribution in [-0.2, 0) is 4.79 Å². The minimum Gasteiger partial charge on any atom is -0.490 e. The fourth-order valence-electron chi connectivity index (χ4n) is 1.41. The van der Waals surface area contributed by atoms with Crippen LogP contribution in [0.25, 0.3) is 0 Å². The molecule has 0 spiro atoms. The van der Waals surface area contributed by atoms with Crippen molar-refractivity contribution in [2.75, 3.05) is 6.61 Å². The molecule has 0 bridgehead atoms. The van der Waals surface area contributed by atoms with Crippen molar-refractivity contribution in [3.05, 3.63) is 24.3 Å². The van der Waals surface area contributed by atoms with Crippen LogP contribution >= 0.6 is 0 Å². The lowest BCUT2D eigenvalue weighted by Gasteiger charge is -2.08. The van der Waals surface area contributed by atoms with Crippen LogP contribution in [-0.4, -0.2) is 13.1 Å². The highest BCUT2D eigenvalue weighted by atomic mass is 16.5. The SMILES string of the molecule is CCCCCCOc1ccccc1O[C]=O. The molecule has 0 aliphatic carbocycles. The van der Waals surface area contributed by atoms with E-state index >= 15 is 0 Å². The quantitative estimate of drug-likeness (QED) is 0.633. The van der Waals surface area contributed by atoms with Gasteiger partial charge in [-0.15, -0.1) is 0 Å². The van der Waals surface area contributed by atoms with Crippen molar-refractivity contribution in [3.8, 4) is 11.5 Å². The molecule has 16 heavy (non-hydrogen) atoms. The van der Waals surface area contributed by atoms with Gasteiger partial charge >= 0.3 is 6.47 Å². The van der Waals surface area contributed by atoms with E-state index in [0.29, 0.717) is 18.1 Å². The van der Waals surface area contributed by atoms with E-state index in [1.54, 1.807) is 18.2 Å². The lowest BCUT2D eigenvalue weighted by atomic mass is 10.2. The van der Waals surface area contributed by atoms with Gasteiger partial charge in [-0.05, 0) is 18.6 Å². The number of ether oxygens (including phenoxy) is 2. The Kier molecular flexibility index (Phi) is 6.07. The van der Waals surface area contributed by atoms with Gasteiger partial charge in [0.1, 0.15) is 0 Å². The van der Waals surface area contributed by atoms with Crippen molar-refractivity contribution in [1.82, 2.24) is 0 Å². The normalized spacial score (nSPS) is 9.81. The van der Waals surface area contributed by atoms with E-state index in [-0.39, 0.29) is 0 Å². The highest BCUT2D eigenvalue weighted by molar-refractivity contribution is 5.51. The second-order valence-electron chi connectivity index (χ2n) is 3.54. The molecule has 0 fully saturated rings. The van der Waals surface area contributed by atoms with Crippen LogP contribution in [0.3, 0.4) is 0 Å². The molecule has 0 unspecified atom stereocenters. The predicted molar refractivity (Wildman–Crippen MR) is 62.4 cm³/mol. The molecule has 0 amide bonds. The number of benzene rings is 1. The Morgan fingerprint density at radius 2 is 1.88 bits per heavy atom. The van der Waals surface area contributed by atoms with Crippen LogP contribution in [0.15, 0.2) is 24.3 Å². The van der Waals surface area contributed by atoms with Gasteiger partial charge in [0.15, 0.2) is 11.5 Å². The fraction of sp³-hybridized carbons (Fsp3) is 0.462. The first kappa shape index (κ1) is 12.6. The summed E-state index contributed by atoms with van der Waals surface area (Å²) in [5.74, 6) is 1.02. The standard InChI is InChI=1S/C13H17O3/c1-2-3-4-7-10-15-12-8-5-6-9-13(12)16-11-14/h5-6,8-9H,2-4,7,10H2,1H3. The summed E-state index contributed by atoms with van der Waals surface area (Å²) in [6.07, 6.45) is 4.62. The summed E-state index contributed by atoms with van der Waals surface area (Å²) in [7, 11) is 0. The van der Waals surface area contributed by atoms with Gasteiger partial charge in [0.2, 0.25) is 0 Å². The average molecular weight is 221 g/mol. The molecule has 0 heterocycles. The molecular weight excluding hydrogens is 204 g/mol. The predicted octanol–water partition coefficient (Wildman–Crippen LogP) is 3.09. The zero-order valence-corrected chi connectivity index (χ0v) is 9.57. The first-order valence-corrected chi connectivity index (χ1v) is 5.64. The van der Waals surface area contributed by atoms with Gasteiger partial charge in [0.05, 0.1) is 6.61 Å². The van der Waals surface area contributed by atoms with Gasteiger partial charge < -0.3 is 9.47 Å². The second-order valence-corrected chi connectivity index (χ2v) is 3.54. The molecule has 87 valence electrons. The third kappa shape index (κ3) is 4.34. The zero-order valence-electron chi connectivity index (χ0n) is 9.57. The van der Waals surface area contributed by atoms with E-state index < -0.39 is 0 Å². The second kappa shape index (κ2) is 7.74. The molecule has 0 saturated heterocycles. The number of unbranched alkanes of at least 4 members (excludes halogenated alkanes) is 3. The number of hydrogen-bond donors (Lipinski definition) is 0. The monoisotopic (exact) mass is 221 g/mol. The van der Waals surface area contributed by atoms with Gasteiger partial charge in [-0.3, -0.25) is 0 Å². The molecule has 3 nitrogen and oxygen atoms in total. The van der Waals surface area contributed by atoms with Crippen LogP contribution in [0.4, 0.5) is 0 Å². The Hall–Kier alpha value is -1.51. The number of carbonyl (C=O) groups excluding carboxylic acids is 1.